The SMILES string of the molecule is CCC(=O)c1cccc2c1C(=O)N(c1ccccc1)C2=O. The minimum absolute atomic E-state index is 0.136. The van der Waals surface area contributed by atoms with E-state index in [1.807, 2.05) is 6.07 Å². The van der Waals surface area contributed by atoms with E-state index >= 15 is 0 Å². The van der Waals surface area contributed by atoms with Crippen LogP contribution in [0.5, 0.6) is 0 Å². The van der Waals surface area contributed by atoms with Crippen LogP contribution in [0.4, 0.5) is 5.69 Å². The molecule has 0 N–H and O–H groups in total. The topological polar surface area (TPSA) is 54.5 Å². The van der Waals surface area contributed by atoms with Gasteiger partial charge >= 0.3 is 0 Å². The number of imide groups is 1. The third kappa shape index (κ3) is 1.96. The summed E-state index contributed by atoms with van der Waals surface area (Å²) in [6.45, 7) is 1.73. The summed E-state index contributed by atoms with van der Waals surface area (Å²) in [5, 5.41) is 0. The number of fused-ring (bicyclic) bond motifs is 1. The van der Waals surface area contributed by atoms with Gasteiger partial charge < -0.3 is 0 Å². The number of rotatable bonds is 3. The second-order valence-electron chi connectivity index (χ2n) is 4.79. The lowest BCUT2D eigenvalue weighted by Gasteiger charge is -2.13. The molecule has 2 aromatic rings. The quantitative estimate of drug-likeness (QED) is 0.641. The number of para-hydroxylation sites is 1. The molecule has 0 atom stereocenters. The first kappa shape index (κ1) is 13.2. The summed E-state index contributed by atoms with van der Waals surface area (Å²) < 4.78 is 0. The van der Waals surface area contributed by atoms with Crippen molar-refractivity contribution in [2.45, 2.75) is 13.3 Å². The Balaban J connectivity index is 2.15. The van der Waals surface area contributed by atoms with Gasteiger partial charge in [-0.25, -0.2) is 4.90 Å². The fourth-order valence-corrected chi connectivity index (χ4v) is 2.52. The predicted molar refractivity (Wildman–Crippen MR) is 78.6 cm³/mol. The second kappa shape index (κ2) is 4.98. The zero-order valence-electron chi connectivity index (χ0n) is 11.5. The van der Waals surface area contributed by atoms with Crippen molar-refractivity contribution >= 4 is 23.3 Å². The maximum Gasteiger partial charge on any atom is 0.266 e. The predicted octanol–water partition coefficient (Wildman–Crippen LogP) is 3.08. The fourth-order valence-electron chi connectivity index (χ4n) is 2.52. The van der Waals surface area contributed by atoms with Gasteiger partial charge in [0.1, 0.15) is 0 Å². The van der Waals surface area contributed by atoms with Crippen molar-refractivity contribution < 1.29 is 14.4 Å². The summed E-state index contributed by atoms with van der Waals surface area (Å²) in [6, 6.07) is 13.6. The van der Waals surface area contributed by atoms with Crippen LogP contribution in [0.2, 0.25) is 0 Å². The van der Waals surface area contributed by atoms with Gasteiger partial charge in [0.05, 0.1) is 16.8 Å². The molecule has 21 heavy (non-hydrogen) atoms. The van der Waals surface area contributed by atoms with E-state index in [9.17, 15) is 14.4 Å². The molecule has 0 aliphatic carbocycles. The number of amides is 2. The van der Waals surface area contributed by atoms with E-state index in [0.717, 1.165) is 4.90 Å². The molecule has 4 heteroatoms. The van der Waals surface area contributed by atoms with Crippen molar-refractivity contribution in [2.24, 2.45) is 0 Å². The summed E-state index contributed by atoms with van der Waals surface area (Å²) in [5.41, 5.74) is 1.35. The van der Waals surface area contributed by atoms with Crippen molar-refractivity contribution in [3.05, 3.63) is 65.2 Å². The Labute approximate surface area is 122 Å². The summed E-state index contributed by atoms with van der Waals surface area (Å²) >= 11 is 0. The molecule has 0 saturated carbocycles. The number of benzene rings is 2. The second-order valence-corrected chi connectivity index (χ2v) is 4.79. The molecule has 0 radical (unpaired) electrons. The standard InChI is InChI=1S/C17H13NO3/c1-2-14(19)12-9-6-10-13-15(12)17(21)18(16(13)20)11-7-4-3-5-8-11/h3-10H,2H2,1H3. The third-order valence-corrected chi connectivity index (χ3v) is 3.55. The van der Waals surface area contributed by atoms with E-state index in [4.69, 9.17) is 0 Å². The number of anilines is 1. The molecular weight excluding hydrogens is 266 g/mol. The molecule has 0 fully saturated rings. The number of Topliss-reactive ketones (excluding diaryl/α,β-unsaturated/α-hetero) is 1. The van der Waals surface area contributed by atoms with Gasteiger partial charge in [-0.05, 0) is 18.2 Å². The van der Waals surface area contributed by atoms with Gasteiger partial charge in [-0.1, -0.05) is 37.3 Å². The summed E-state index contributed by atoms with van der Waals surface area (Å²) in [5.74, 6) is -0.950. The van der Waals surface area contributed by atoms with Gasteiger partial charge in [0.15, 0.2) is 5.78 Å². The maximum absolute atomic E-state index is 12.6. The van der Waals surface area contributed by atoms with Crippen LogP contribution in [0.1, 0.15) is 44.4 Å². The van der Waals surface area contributed by atoms with Crippen molar-refractivity contribution in [3.63, 3.8) is 0 Å². The Morgan fingerprint density at radius 3 is 2.33 bits per heavy atom. The van der Waals surface area contributed by atoms with Gasteiger partial charge in [-0.3, -0.25) is 14.4 Å². The highest BCUT2D eigenvalue weighted by atomic mass is 16.2. The minimum Gasteiger partial charge on any atom is -0.294 e. The maximum atomic E-state index is 12.6. The molecule has 1 aliphatic rings. The Bertz CT molecular complexity index is 750. The lowest BCUT2D eigenvalue weighted by molar-refractivity contribution is 0.0917. The zero-order valence-corrected chi connectivity index (χ0v) is 11.5. The number of ketones is 1. The van der Waals surface area contributed by atoms with E-state index in [0.29, 0.717) is 23.2 Å². The molecule has 0 spiro atoms. The number of nitrogens with zero attached hydrogens (tertiary/aromatic N) is 1. The average Bonchev–Trinajstić information content (AvgIpc) is 2.79. The highest BCUT2D eigenvalue weighted by Crippen LogP contribution is 2.30. The number of carbonyl (C=O) groups is 3. The lowest BCUT2D eigenvalue weighted by Crippen LogP contribution is -2.29. The van der Waals surface area contributed by atoms with E-state index in [-0.39, 0.29) is 17.3 Å². The molecule has 2 amide bonds. The Morgan fingerprint density at radius 1 is 0.952 bits per heavy atom. The number of carbonyl (C=O) groups excluding carboxylic acids is 3. The van der Waals surface area contributed by atoms with Gasteiger partial charge in [0, 0.05) is 12.0 Å². The van der Waals surface area contributed by atoms with E-state index in [2.05, 4.69) is 0 Å². The smallest absolute Gasteiger partial charge is 0.266 e. The fraction of sp³-hybridized carbons (Fsp3) is 0.118. The van der Waals surface area contributed by atoms with Crippen LogP contribution in [0.25, 0.3) is 0 Å². The normalized spacial score (nSPS) is 13.5. The molecule has 0 unspecified atom stereocenters. The van der Waals surface area contributed by atoms with Crippen LogP contribution >= 0.6 is 0 Å². The molecule has 0 aromatic heterocycles. The Morgan fingerprint density at radius 2 is 1.67 bits per heavy atom. The number of hydrogen-bond acceptors (Lipinski definition) is 3. The van der Waals surface area contributed by atoms with Crippen molar-refractivity contribution in [3.8, 4) is 0 Å². The van der Waals surface area contributed by atoms with Gasteiger partial charge in [0.25, 0.3) is 11.8 Å². The molecule has 1 heterocycles. The first-order valence-electron chi connectivity index (χ1n) is 6.75. The van der Waals surface area contributed by atoms with Gasteiger partial charge in [-0.15, -0.1) is 0 Å². The molecule has 2 aromatic carbocycles. The third-order valence-electron chi connectivity index (χ3n) is 3.55. The monoisotopic (exact) mass is 279 g/mol. The summed E-state index contributed by atoms with van der Waals surface area (Å²) in [4.78, 5) is 38.2. The van der Waals surface area contributed by atoms with E-state index in [1.54, 1.807) is 49.4 Å². The van der Waals surface area contributed by atoms with Crippen LogP contribution < -0.4 is 4.90 Å². The first-order chi connectivity index (χ1) is 10.1. The molecule has 0 saturated heterocycles. The van der Waals surface area contributed by atoms with E-state index < -0.39 is 5.91 Å². The van der Waals surface area contributed by atoms with Gasteiger partial charge in [0.2, 0.25) is 0 Å². The van der Waals surface area contributed by atoms with Crippen LogP contribution in [0.15, 0.2) is 48.5 Å². The van der Waals surface area contributed by atoms with E-state index in [1.165, 1.54) is 0 Å². The van der Waals surface area contributed by atoms with Gasteiger partial charge in [-0.2, -0.15) is 0 Å². The molecule has 4 nitrogen and oxygen atoms in total. The molecular formula is C17H13NO3. The minimum atomic E-state index is -0.432. The molecule has 3 rings (SSSR count). The largest absolute Gasteiger partial charge is 0.294 e. The van der Waals surface area contributed by atoms with Crippen molar-refractivity contribution in [2.75, 3.05) is 4.90 Å². The van der Waals surface area contributed by atoms with Crippen molar-refractivity contribution in [1.29, 1.82) is 0 Å². The highest BCUT2D eigenvalue weighted by molar-refractivity contribution is 6.36. The Kier molecular flexibility index (Phi) is 3.14. The number of hydrogen-bond donors (Lipinski definition) is 0. The molecule has 0 bridgehead atoms. The van der Waals surface area contributed by atoms with Crippen LogP contribution in [-0.2, 0) is 0 Å². The average molecular weight is 279 g/mol. The lowest BCUT2D eigenvalue weighted by atomic mass is 9.98. The van der Waals surface area contributed by atoms with Crippen LogP contribution in [0, 0.1) is 0 Å². The highest BCUT2D eigenvalue weighted by Gasteiger charge is 2.39. The Hall–Kier alpha value is -2.75. The summed E-state index contributed by atoms with van der Waals surface area (Å²) in [7, 11) is 0. The molecule has 104 valence electrons. The zero-order chi connectivity index (χ0) is 15.0. The molecule has 1 aliphatic heterocycles. The summed E-state index contributed by atoms with van der Waals surface area (Å²) in [6.07, 6.45) is 0.295. The van der Waals surface area contributed by atoms with Crippen molar-refractivity contribution in [1.82, 2.24) is 0 Å². The van der Waals surface area contributed by atoms with Crippen LogP contribution in [0.3, 0.4) is 0 Å². The first-order valence-corrected chi connectivity index (χ1v) is 6.75. The van der Waals surface area contributed by atoms with Crippen LogP contribution in [-0.4, -0.2) is 17.6 Å².